The summed E-state index contributed by atoms with van der Waals surface area (Å²) in [5.74, 6) is 1.44. The van der Waals surface area contributed by atoms with Crippen molar-refractivity contribution in [3.63, 3.8) is 0 Å². The molecular formula is C15H22N4O. The predicted octanol–water partition coefficient (Wildman–Crippen LogP) is 1.29. The molecule has 0 bridgehead atoms. The number of hydrogen-bond acceptors (Lipinski definition) is 5. The summed E-state index contributed by atoms with van der Waals surface area (Å²) < 4.78 is 5.50. The standard InChI is InChI=1S/C15H22N4O/c1-11-8-15(10-18(11)2)9-17-14(16)19(15)12-6-4-5-7-13(12)20-3/h4-7,11H,8-10H2,1-3H3,(H2,16,17). The number of ether oxygens (including phenoxy) is 1. The number of para-hydroxylation sites is 2. The largest absolute Gasteiger partial charge is 0.495 e. The Morgan fingerprint density at radius 2 is 2.15 bits per heavy atom. The molecule has 2 atom stereocenters. The lowest BCUT2D eigenvalue weighted by Crippen LogP contribution is -2.53. The third-order valence-electron chi connectivity index (χ3n) is 4.54. The number of hydrogen-bond donors (Lipinski definition) is 1. The third-order valence-corrected chi connectivity index (χ3v) is 4.54. The summed E-state index contributed by atoms with van der Waals surface area (Å²) in [6.45, 7) is 3.98. The molecular weight excluding hydrogens is 252 g/mol. The molecule has 2 aliphatic heterocycles. The van der Waals surface area contributed by atoms with E-state index in [1.54, 1.807) is 7.11 Å². The maximum Gasteiger partial charge on any atom is 0.196 e. The molecule has 5 heteroatoms. The number of guanidine groups is 1. The highest BCUT2D eigenvalue weighted by molar-refractivity contribution is 5.99. The number of nitrogens with zero attached hydrogens (tertiary/aromatic N) is 3. The number of rotatable bonds is 2. The lowest BCUT2D eigenvalue weighted by Gasteiger charge is -2.36. The zero-order valence-corrected chi connectivity index (χ0v) is 12.3. The van der Waals surface area contributed by atoms with Crippen LogP contribution in [-0.2, 0) is 0 Å². The topological polar surface area (TPSA) is 54.1 Å². The molecule has 0 aliphatic carbocycles. The minimum absolute atomic E-state index is 0.0348. The van der Waals surface area contributed by atoms with Crippen molar-refractivity contribution in [2.75, 3.05) is 32.1 Å². The summed E-state index contributed by atoms with van der Waals surface area (Å²) in [7, 11) is 3.85. The molecule has 1 saturated heterocycles. The lowest BCUT2D eigenvalue weighted by atomic mass is 9.94. The molecule has 0 aromatic heterocycles. The van der Waals surface area contributed by atoms with Crippen LogP contribution in [0.3, 0.4) is 0 Å². The minimum Gasteiger partial charge on any atom is -0.495 e. The monoisotopic (exact) mass is 274 g/mol. The van der Waals surface area contributed by atoms with Crippen LogP contribution in [0.5, 0.6) is 5.75 Å². The zero-order valence-electron chi connectivity index (χ0n) is 12.3. The number of anilines is 1. The van der Waals surface area contributed by atoms with E-state index < -0.39 is 0 Å². The van der Waals surface area contributed by atoms with Crippen molar-refractivity contribution in [2.45, 2.75) is 24.9 Å². The van der Waals surface area contributed by atoms with E-state index in [9.17, 15) is 0 Å². The quantitative estimate of drug-likeness (QED) is 0.883. The van der Waals surface area contributed by atoms with E-state index in [0.29, 0.717) is 12.0 Å². The summed E-state index contributed by atoms with van der Waals surface area (Å²) in [5, 5.41) is 0. The highest BCUT2D eigenvalue weighted by atomic mass is 16.5. The highest BCUT2D eigenvalue weighted by Gasteiger charge is 2.50. The second kappa shape index (κ2) is 4.66. The Bertz CT molecular complexity index is 532. The normalized spacial score (nSPS) is 30.1. The van der Waals surface area contributed by atoms with Crippen LogP contribution in [-0.4, -0.2) is 49.7 Å². The van der Waals surface area contributed by atoms with Crippen molar-refractivity contribution in [1.29, 1.82) is 0 Å². The molecule has 2 N–H and O–H groups in total. The fraction of sp³-hybridized carbons (Fsp3) is 0.533. The first kappa shape index (κ1) is 13.2. The van der Waals surface area contributed by atoms with Crippen LogP contribution >= 0.6 is 0 Å². The van der Waals surface area contributed by atoms with Gasteiger partial charge < -0.3 is 15.4 Å². The maximum absolute atomic E-state index is 6.18. The van der Waals surface area contributed by atoms with Gasteiger partial charge in [0.15, 0.2) is 5.96 Å². The van der Waals surface area contributed by atoms with Gasteiger partial charge in [0.2, 0.25) is 0 Å². The molecule has 0 radical (unpaired) electrons. The molecule has 20 heavy (non-hydrogen) atoms. The van der Waals surface area contributed by atoms with Gasteiger partial charge in [-0.3, -0.25) is 9.89 Å². The van der Waals surface area contributed by atoms with Crippen LogP contribution in [0.15, 0.2) is 29.3 Å². The fourth-order valence-corrected chi connectivity index (χ4v) is 3.47. The molecule has 108 valence electrons. The Morgan fingerprint density at radius 1 is 1.40 bits per heavy atom. The van der Waals surface area contributed by atoms with Gasteiger partial charge in [-0.2, -0.15) is 0 Å². The average Bonchev–Trinajstić information content (AvgIpc) is 2.90. The first-order valence-corrected chi connectivity index (χ1v) is 7.01. The number of aliphatic imine (C=N–C) groups is 1. The summed E-state index contributed by atoms with van der Waals surface area (Å²) in [6.07, 6.45) is 1.06. The molecule has 2 unspecified atom stereocenters. The molecule has 2 aliphatic rings. The Labute approximate surface area is 120 Å². The zero-order chi connectivity index (χ0) is 14.3. The van der Waals surface area contributed by atoms with Crippen molar-refractivity contribution >= 4 is 11.6 Å². The van der Waals surface area contributed by atoms with Gasteiger partial charge in [-0.1, -0.05) is 12.1 Å². The van der Waals surface area contributed by atoms with Crippen LogP contribution in [0.2, 0.25) is 0 Å². The lowest BCUT2D eigenvalue weighted by molar-refractivity contribution is 0.321. The first-order valence-electron chi connectivity index (χ1n) is 7.01. The van der Waals surface area contributed by atoms with Crippen LogP contribution in [0.25, 0.3) is 0 Å². The Morgan fingerprint density at radius 3 is 2.80 bits per heavy atom. The summed E-state index contributed by atoms with van der Waals surface area (Å²) in [5.41, 5.74) is 7.16. The smallest absolute Gasteiger partial charge is 0.196 e. The second-order valence-corrected chi connectivity index (χ2v) is 5.87. The van der Waals surface area contributed by atoms with Crippen molar-refractivity contribution < 1.29 is 4.74 Å². The van der Waals surface area contributed by atoms with Gasteiger partial charge in [0.05, 0.1) is 24.9 Å². The molecule has 2 heterocycles. The van der Waals surface area contributed by atoms with E-state index in [1.165, 1.54) is 0 Å². The van der Waals surface area contributed by atoms with Crippen molar-refractivity contribution in [3.8, 4) is 5.75 Å². The van der Waals surface area contributed by atoms with E-state index in [1.807, 2.05) is 18.2 Å². The van der Waals surface area contributed by atoms with Gasteiger partial charge in [0.1, 0.15) is 5.75 Å². The number of methoxy groups -OCH3 is 1. The Balaban J connectivity index is 2.03. The molecule has 1 spiro atoms. The van der Waals surface area contributed by atoms with Gasteiger partial charge in [0, 0.05) is 12.6 Å². The van der Waals surface area contributed by atoms with Gasteiger partial charge in [-0.15, -0.1) is 0 Å². The fourth-order valence-electron chi connectivity index (χ4n) is 3.47. The van der Waals surface area contributed by atoms with Crippen LogP contribution in [0, 0.1) is 0 Å². The Kier molecular flexibility index (Phi) is 3.09. The number of likely N-dealkylation sites (tertiary alicyclic amines) is 1. The highest BCUT2D eigenvalue weighted by Crippen LogP contribution is 2.41. The van der Waals surface area contributed by atoms with Gasteiger partial charge in [-0.25, -0.2) is 0 Å². The van der Waals surface area contributed by atoms with E-state index in [0.717, 1.165) is 30.9 Å². The molecule has 3 rings (SSSR count). The van der Waals surface area contributed by atoms with E-state index >= 15 is 0 Å². The molecule has 1 fully saturated rings. The van der Waals surface area contributed by atoms with Gasteiger partial charge in [0.25, 0.3) is 0 Å². The summed E-state index contributed by atoms with van der Waals surface area (Å²) >= 11 is 0. The van der Waals surface area contributed by atoms with Crippen LogP contribution in [0.4, 0.5) is 5.69 Å². The van der Waals surface area contributed by atoms with E-state index in [-0.39, 0.29) is 5.54 Å². The predicted molar refractivity (Wildman–Crippen MR) is 81.4 cm³/mol. The van der Waals surface area contributed by atoms with Crippen molar-refractivity contribution in [1.82, 2.24) is 4.90 Å². The SMILES string of the molecule is COc1ccccc1N1C(N)=NCC12CC(C)N(C)C2. The van der Waals surface area contributed by atoms with Gasteiger partial charge >= 0.3 is 0 Å². The average molecular weight is 274 g/mol. The molecule has 0 amide bonds. The second-order valence-electron chi connectivity index (χ2n) is 5.87. The first-order chi connectivity index (χ1) is 9.57. The third kappa shape index (κ3) is 1.85. The number of benzene rings is 1. The van der Waals surface area contributed by atoms with Crippen LogP contribution < -0.4 is 15.4 Å². The van der Waals surface area contributed by atoms with Crippen molar-refractivity contribution in [3.05, 3.63) is 24.3 Å². The maximum atomic E-state index is 6.18. The number of nitrogens with two attached hydrogens (primary N) is 1. The van der Waals surface area contributed by atoms with Crippen molar-refractivity contribution in [2.24, 2.45) is 10.7 Å². The van der Waals surface area contributed by atoms with E-state index in [4.69, 9.17) is 10.5 Å². The molecule has 5 nitrogen and oxygen atoms in total. The minimum atomic E-state index is -0.0348. The molecule has 1 aromatic carbocycles. The Hall–Kier alpha value is -1.75. The van der Waals surface area contributed by atoms with Crippen LogP contribution in [0.1, 0.15) is 13.3 Å². The summed E-state index contributed by atoms with van der Waals surface area (Å²) in [4.78, 5) is 9.06. The van der Waals surface area contributed by atoms with E-state index in [2.05, 4.69) is 34.8 Å². The molecule has 1 aromatic rings. The summed E-state index contributed by atoms with van der Waals surface area (Å²) in [6, 6.07) is 8.54. The number of likely N-dealkylation sites (N-methyl/N-ethyl adjacent to an activating group) is 1. The van der Waals surface area contributed by atoms with Gasteiger partial charge in [-0.05, 0) is 32.5 Å². The molecule has 0 saturated carbocycles.